The van der Waals surface area contributed by atoms with Gasteiger partial charge in [0, 0.05) is 4.75 Å². The molecule has 2 fully saturated rings. The Hall–Kier alpha value is 0.270. The molecule has 58 valence electrons. The molecule has 2 nitrogen and oxygen atoms in total. The van der Waals surface area contributed by atoms with E-state index in [1.807, 2.05) is 0 Å². The second-order valence-electron chi connectivity index (χ2n) is 3.21. The zero-order valence-electron chi connectivity index (χ0n) is 5.88. The minimum Gasteiger partial charge on any atom is -0.353 e. The zero-order valence-corrected chi connectivity index (χ0v) is 6.77. The molecule has 2 aliphatic rings. The Morgan fingerprint density at radius 1 is 1.50 bits per heavy atom. The summed E-state index contributed by atoms with van der Waals surface area (Å²) >= 11 is 4.51. The van der Waals surface area contributed by atoms with Gasteiger partial charge in [-0.15, -0.1) is 0 Å². The second kappa shape index (κ2) is 2.40. The highest BCUT2D eigenvalue weighted by molar-refractivity contribution is 7.82. The van der Waals surface area contributed by atoms with E-state index in [9.17, 15) is 0 Å². The van der Waals surface area contributed by atoms with Gasteiger partial charge >= 0.3 is 0 Å². The predicted octanol–water partition coefficient (Wildman–Crippen LogP) is 1.21. The van der Waals surface area contributed by atoms with Gasteiger partial charge in [-0.05, 0) is 19.3 Å². The largest absolute Gasteiger partial charge is 0.353 e. The van der Waals surface area contributed by atoms with Crippen LogP contribution in [0, 0.1) is 0 Å². The minimum atomic E-state index is 0.304. The Bertz CT molecular complexity index is 128. The van der Waals surface area contributed by atoms with Crippen LogP contribution in [0.15, 0.2) is 0 Å². The summed E-state index contributed by atoms with van der Waals surface area (Å²) in [6.45, 7) is 1.25. The molecule has 0 amide bonds. The number of hydrogen-bond donors (Lipinski definition) is 1. The summed E-state index contributed by atoms with van der Waals surface area (Å²) in [5.41, 5.74) is 0. The van der Waals surface area contributed by atoms with Crippen molar-refractivity contribution in [2.45, 2.75) is 30.1 Å². The fourth-order valence-electron chi connectivity index (χ4n) is 1.26. The maximum absolute atomic E-state index is 5.30. The molecule has 1 atom stereocenters. The van der Waals surface area contributed by atoms with Gasteiger partial charge < -0.3 is 9.47 Å². The first kappa shape index (κ1) is 6.95. The quantitative estimate of drug-likeness (QED) is 0.612. The third kappa shape index (κ3) is 1.47. The normalized spacial score (nSPS) is 36.3. The SMILES string of the molecule is SC1(C[C@@H]2COCO2)CC1. The van der Waals surface area contributed by atoms with Gasteiger partial charge in [0.2, 0.25) is 0 Å². The van der Waals surface area contributed by atoms with Crippen molar-refractivity contribution in [1.82, 2.24) is 0 Å². The van der Waals surface area contributed by atoms with Crippen LogP contribution in [0.4, 0.5) is 0 Å². The number of hydrogen-bond acceptors (Lipinski definition) is 3. The van der Waals surface area contributed by atoms with Crippen molar-refractivity contribution in [3.05, 3.63) is 0 Å². The van der Waals surface area contributed by atoms with Crippen molar-refractivity contribution in [2.75, 3.05) is 13.4 Å². The number of thiol groups is 1. The van der Waals surface area contributed by atoms with Crippen LogP contribution in [-0.2, 0) is 9.47 Å². The van der Waals surface area contributed by atoms with Crippen LogP contribution in [0.1, 0.15) is 19.3 Å². The smallest absolute Gasteiger partial charge is 0.147 e. The summed E-state index contributed by atoms with van der Waals surface area (Å²) in [6, 6.07) is 0. The third-order valence-corrected chi connectivity index (χ3v) is 2.76. The third-order valence-electron chi connectivity index (χ3n) is 2.13. The van der Waals surface area contributed by atoms with E-state index in [4.69, 9.17) is 9.47 Å². The van der Waals surface area contributed by atoms with Crippen LogP contribution in [0.5, 0.6) is 0 Å². The molecule has 1 aliphatic carbocycles. The van der Waals surface area contributed by atoms with Gasteiger partial charge in [0.25, 0.3) is 0 Å². The van der Waals surface area contributed by atoms with Crippen molar-refractivity contribution in [3.8, 4) is 0 Å². The Kier molecular flexibility index (Phi) is 1.66. The first-order valence-electron chi connectivity index (χ1n) is 3.70. The van der Waals surface area contributed by atoms with Crippen LogP contribution in [0.25, 0.3) is 0 Å². The molecule has 1 saturated carbocycles. The number of ether oxygens (including phenoxy) is 2. The lowest BCUT2D eigenvalue weighted by Gasteiger charge is -2.11. The minimum absolute atomic E-state index is 0.304. The van der Waals surface area contributed by atoms with Crippen LogP contribution >= 0.6 is 12.6 Å². The van der Waals surface area contributed by atoms with Gasteiger partial charge in [-0.1, -0.05) is 0 Å². The lowest BCUT2D eigenvalue weighted by Crippen LogP contribution is -2.16. The Morgan fingerprint density at radius 2 is 2.30 bits per heavy atom. The predicted molar refractivity (Wildman–Crippen MR) is 41.3 cm³/mol. The zero-order chi connectivity index (χ0) is 7.03. The van der Waals surface area contributed by atoms with Gasteiger partial charge in [-0.3, -0.25) is 0 Å². The van der Waals surface area contributed by atoms with Crippen LogP contribution in [-0.4, -0.2) is 24.3 Å². The van der Waals surface area contributed by atoms with Crippen molar-refractivity contribution in [2.24, 2.45) is 0 Å². The lowest BCUT2D eigenvalue weighted by molar-refractivity contribution is 0.0442. The van der Waals surface area contributed by atoms with Gasteiger partial charge in [0.05, 0.1) is 12.7 Å². The first-order chi connectivity index (χ1) is 4.79. The fraction of sp³-hybridized carbons (Fsp3) is 1.00. The molecule has 0 aromatic rings. The van der Waals surface area contributed by atoms with E-state index >= 15 is 0 Å². The molecule has 0 bridgehead atoms. The highest BCUT2D eigenvalue weighted by atomic mass is 32.1. The van der Waals surface area contributed by atoms with Gasteiger partial charge in [0.15, 0.2) is 0 Å². The summed E-state index contributed by atoms with van der Waals surface area (Å²) in [7, 11) is 0. The summed E-state index contributed by atoms with van der Waals surface area (Å²) in [4.78, 5) is 0. The molecule has 0 aromatic carbocycles. The Balaban J connectivity index is 1.78. The molecule has 0 spiro atoms. The van der Waals surface area contributed by atoms with E-state index in [2.05, 4.69) is 12.6 Å². The van der Waals surface area contributed by atoms with E-state index < -0.39 is 0 Å². The monoisotopic (exact) mass is 160 g/mol. The van der Waals surface area contributed by atoms with Crippen LogP contribution in [0.3, 0.4) is 0 Å². The molecule has 0 N–H and O–H groups in total. The topological polar surface area (TPSA) is 18.5 Å². The van der Waals surface area contributed by atoms with Crippen molar-refractivity contribution in [1.29, 1.82) is 0 Å². The molecule has 2 rings (SSSR count). The Labute approximate surface area is 66.3 Å². The maximum atomic E-state index is 5.30. The van der Waals surface area contributed by atoms with Gasteiger partial charge in [0.1, 0.15) is 6.79 Å². The van der Waals surface area contributed by atoms with Crippen LogP contribution < -0.4 is 0 Å². The molecule has 10 heavy (non-hydrogen) atoms. The fourth-order valence-corrected chi connectivity index (χ4v) is 1.58. The second-order valence-corrected chi connectivity index (χ2v) is 4.15. The maximum Gasteiger partial charge on any atom is 0.147 e. The number of rotatable bonds is 2. The molecule has 0 unspecified atom stereocenters. The molecule has 1 saturated heterocycles. The summed E-state index contributed by atoms with van der Waals surface area (Å²) in [5, 5.41) is 0. The molecule has 0 aromatic heterocycles. The van der Waals surface area contributed by atoms with Gasteiger partial charge in [-0.2, -0.15) is 12.6 Å². The van der Waals surface area contributed by atoms with E-state index in [1.54, 1.807) is 0 Å². The van der Waals surface area contributed by atoms with E-state index in [1.165, 1.54) is 12.8 Å². The van der Waals surface area contributed by atoms with E-state index in [-0.39, 0.29) is 0 Å². The molecular formula is C7H12O2S. The highest BCUT2D eigenvalue weighted by Crippen LogP contribution is 2.46. The van der Waals surface area contributed by atoms with Crippen molar-refractivity contribution >= 4 is 12.6 Å². The average Bonchev–Trinajstić information content (AvgIpc) is 2.47. The molecule has 0 radical (unpaired) electrons. The van der Waals surface area contributed by atoms with Crippen molar-refractivity contribution < 1.29 is 9.47 Å². The summed E-state index contributed by atoms with van der Waals surface area (Å²) in [5.74, 6) is 0. The Morgan fingerprint density at radius 3 is 2.80 bits per heavy atom. The lowest BCUT2D eigenvalue weighted by atomic mass is 10.2. The molecule has 1 heterocycles. The summed E-state index contributed by atoms with van der Waals surface area (Å²) < 4.78 is 10.7. The van der Waals surface area contributed by atoms with Gasteiger partial charge in [-0.25, -0.2) is 0 Å². The van der Waals surface area contributed by atoms with E-state index in [0.29, 0.717) is 17.6 Å². The molecular weight excluding hydrogens is 148 g/mol. The average molecular weight is 160 g/mol. The standard InChI is InChI=1S/C7H12O2S/c10-7(1-2-7)3-6-4-8-5-9-6/h6,10H,1-5H2/t6-/m1/s1. The van der Waals surface area contributed by atoms with E-state index in [0.717, 1.165) is 13.0 Å². The molecule has 3 heteroatoms. The first-order valence-corrected chi connectivity index (χ1v) is 4.15. The highest BCUT2D eigenvalue weighted by Gasteiger charge is 2.41. The van der Waals surface area contributed by atoms with Crippen molar-refractivity contribution in [3.63, 3.8) is 0 Å². The van der Waals surface area contributed by atoms with Crippen LogP contribution in [0.2, 0.25) is 0 Å². The molecule has 1 aliphatic heterocycles. The summed E-state index contributed by atoms with van der Waals surface area (Å²) in [6.07, 6.45) is 3.88.